The molecule has 2 aromatic rings. The number of phenolic OH excluding ortho intramolecular Hbond substituents is 1. The molecule has 0 saturated heterocycles. The molecule has 0 aliphatic carbocycles. The van der Waals surface area contributed by atoms with Gasteiger partial charge in [0.2, 0.25) is 0 Å². The van der Waals surface area contributed by atoms with Crippen molar-refractivity contribution in [3.63, 3.8) is 0 Å². The van der Waals surface area contributed by atoms with E-state index in [-0.39, 0.29) is 18.3 Å². The SMILES string of the molecule is COc1ccc(C(CCO)c2ccc(OC)cc2OC)c(O)c1. The van der Waals surface area contributed by atoms with E-state index < -0.39 is 0 Å². The summed E-state index contributed by atoms with van der Waals surface area (Å²) in [6.45, 7) is -0.00861. The van der Waals surface area contributed by atoms with E-state index in [2.05, 4.69) is 0 Å². The van der Waals surface area contributed by atoms with Crippen LogP contribution in [0.15, 0.2) is 36.4 Å². The van der Waals surface area contributed by atoms with Crippen LogP contribution in [-0.4, -0.2) is 38.1 Å². The first-order valence-electron chi connectivity index (χ1n) is 7.34. The summed E-state index contributed by atoms with van der Waals surface area (Å²) in [5, 5.41) is 19.8. The minimum atomic E-state index is -0.202. The van der Waals surface area contributed by atoms with Gasteiger partial charge in [0.05, 0.1) is 21.3 Å². The fourth-order valence-electron chi connectivity index (χ4n) is 2.66. The van der Waals surface area contributed by atoms with E-state index in [1.165, 1.54) is 0 Å². The molecule has 2 aromatic carbocycles. The summed E-state index contributed by atoms with van der Waals surface area (Å²) in [5.41, 5.74) is 1.59. The third kappa shape index (κ3) is 3.68. The average Bonchev–Trinajstić information content (AvgIpc) is 2.59. The van der Waals surface area contributed by atoms with Crippen molar-refractivity contribution >= 4 is 0 Å². The second kappa shape index (κ2) is 7.74. The first kappa shape index (κ1) is 17.0. The zero-order chi connectivity index (χ0) is 16.8. The van der Waals surface area contributed by atoms with Gasteiger partial charge < -0.3 is 24.4 Å². The highest BCUT2D eigenvalue weighted by molar-refractivity contribution is 5.51. The van der Waals surface area contributed by atoms with E-state index in [9.17, 15) is 10.2 Å². The Hall–Kier alpha value is -2.40. The number of aromatic hydroxyl groups is 1. The van der Waals surface area contributed by atoms with Gasteiger partial charge in [-0.05, 0) is 18.6 Å². The third-order valence-electron chi connectivity index (χ3n) is 3.85. The zero-order valence-corrected chi connectivity index (χ0v) is 13.6. The molecule has 0 fully saturated rings. The molecule has 0 aliphatic rings. The fourth-order valence-corrected chi connectivity index (χ4v) is 2.66. The molecule has 1 unspecified atom stereocenters. The van der Waals surface area contributed by atoms with Gasteiger partial charge in [-0.3, -0.25) is 0 Å². The predicted molar refractivity (Wildman–Crippen MR) is 87.8 cm³/mol. The third-order valence-corrected chi connectivity index (χ3v) is 3.85. The molecular weight excluding hydrogens is 296 g/mol. The number of methoxy groups -OCH3 is 3. The van der Waals surface area contributed by atoms with Crippen molar-refractivity contribution in [2.24, 2.45) is 0 Å². The Morgan fingerprint density at radius 1 is 0.870 bits per heavy atom. The number of hydrogen-bond acceptors (Lipinski definition) is 5. The van der Waals surface area contributed by atoms with Gasteiger partial charge in [-0.1, -0.05) is 12.1 Å². The van der Waals surface area contributed by atoms with Crippen molar-refractivity contribution < 1.29 is 24.4 Å². The van der Waals surface area contributed by atoms with Crippen LogP contribution in [0.1, 0.15) is 23.5 Å². The van der Waals surface area contributed by atoms with E-state index in [4.69, 9.17) is 14.2 Å². The Morgan fingerprint density at radius 2 is 1.48 bits per heavy atom. The number of rotatable bonds is 7. The summed E-state index contributed by atoms with van der Waals surface area (Å²) in [5.74, 6) is 1.84. The molecule has 0 bridgehead atoms. The molecule has 124 valence electrons. The first-order valence-corrected chi connectivity index (χ1v) is 7.34. The molecule has 0 heterocycles. The number of hydrogen-bond donors (Lipinski definition) is 2. The Kier molecular flexibility index (Phi) is 5.71. The van der Waals surface area contributed by atoms with E-state index in [0.29, 0.717) is 29.2 Å². The van der Waals surface area contributed by atoms with Crippen molar-refractivity contribution in [2.45, 2.75) is 12.3 Å². The van der Waals surface area contributed by atoms with Crippen molar-refractivity contribution in [2.75, 3.05) is 27.9 Å². The van der Waals surface area contributed by atoms with Crippen molar-refractivity contribution in [3.8, 4) is 23.0 Å². The second-order valence-electron chi connectivity index (χ2n) is 5.10. The molecule has 0 aromatic heterocycles. The minimum absolute atomic E-state index is 0.00861. The lowest BCUT2D eigenvalue weighted by molar-refractivity contribution is 0.279. The molecule has 5 nitrogen and oxygen atoms in total. The molecule has 2 N–H and O–H groups in total. The summed E-state index contributed by atoms with van der Waals surface area (Å²) >= 11 is 0. The largest absolute Gasteiger partial charge is 0.508 e. The second-order valence-corrected chi connectivity index (χ2v) is 5.10. The van der Waals surface area contributed by atoms with Gasteiger partial charge in [0, 0.05) is 35.8 Å². The predicted octanol–water partition coefficient (Wildman–Crippen LogP) is 2.93. The quantitative estimate of drug-likeness (QED) is 0.821. The maximum absolute atomic E-state index is 10.3. The highest BCUT2D eigenvalue weighted by atomic mass is 16.5. The monoisotopic (exact) mass is 318 g/mol. The molecular formula is C18H22O5. The lowest BCUT2D eigenvalue weighted by atomic mass is 9.87. The number of benzene rings is 2. The van der Waals surface area contributed by atoms with Gasteiger partial charge in [0.15, 0.2) is 0 Å². The van der Waals surface area contributed by atoms with Crippen LogP contribution >= 0.6 is 0 Å². The lowest BCUT2D eigenvalue weighted by Gasteiger charge is -2.21. The summed E-state index contributed by atoms with van der Waals surface area (Å²) in [6.07, 6.45) is 0.461. The Labute approximate surface area is 136 Å². The molecule has 0 spiro atoms. The fraction of sp³-hybridized carbons (Fsp3) is 0.333. The molecule has 0 aliphatic heterocycles. The van der Waals surface area contributed by atoms with Crippen LogP contribution in [0.4, 0.5) is 0 Å². The Morgan fingerprint density at radius 3 is 2.00 bits per heavy atom. The highest BCUT2D eigenvalue weighted by Gasteiger charge is 2.21. The van der Waals surface area contributed by atoms with Gasteiger partial charge in [-0.2, -0.15) is 0 Å². The molecule has 1 atom stereocenters. The van der Waals surface area contributed by atoms with Crippen LogP contribution in [0.5, 0.6) is 23.0 Å². The van der Waals surface area contributed by atoms with E-state index in [0.717, 1.165) is 5.56 Å². The topological polar surface area (TPSA) is 68.2 Å². The smallest absolute Gasteiger partial charge is 0.126 e. The summed E-state index contributed by atoms with van der Waals surface area (Å²) in [6, 6.07) is 10.7. The minimum Gasteiger partial charge on any atom is -0.508 e. The molecule has 23 heavy (non-hydrogen) atoms. The van der Waals surface area contributed by atoms with Crippen LogP contribution < -0.4 is 14.2 Å². The number of phenols is 1. The number of aliphatic hydroxyl groups excluding tert-OH is 1. The van der Waals surface area contributed by atoms with Crippen molar-refractivity contribution in [1.29, 1.82) is 0 Å². The van der Waals surface area contributed by atoms with Gasteiger partial charge in [0.25, 0.3) is 0 Å². The summed E-state index contributed by atoms with van der Waals surface area (Å²) in [7, 11) is 4.73. The van der Waals surface area contributed by atoms with Crippen LogP contribution in [-0.2, 0) is 0 Å². The maximum Gasteiger partial charge on any atom is 0.126 e. The molecule has 2 rings (SSSR count). The van der Waals surface area contributed by atoms with Crippen molar-refractivity contribution in [1.82, 2.24) is 0 Å². The first-order chi connectivity index (χ1) is 11.1. The van der Waals surface area contributed by atoms with Crippen LogP contribution in [0, 0.1) is 0 Å². The highest BCUT2D eigenvalue weighted by Crippen LogP contribution is 2.40. The molecule has 0 saturated carbocycles. The summed E-state index contributed by atoms with van der Waals surface area (Å²) < 4.78 is 15.8. The van der Waals surface area contributed by atoms with Crippen molar-refractivity contribution in [3.05, 3.63) is 47.5 Å². The Bertz CT molecular complexity index is 654. The molecule has 0 radical (unpaired) electrons. The normalized spacial score (nSPS) is 11.8. The van der Waals surface area contributed by atoms with Gasteiger partial charge >= 0.3 is 0 Å². The average molecular weight is 318 g/mol. The van der Waals surface area contributed by atoms with E-state index in [1.54, 1.807) is 45.6 Å². The van der Waals surface area contributed by atoms with Crippen LogP contribution in [0.3, 0.4) is 0 Å². The maximum atomic E-state index is 10.3. The molecule has 5 heteroatoms. The Balaban J connectivity index is 2.50. The van der Waals surface area contributed by atoms with Gasteiger partial charge in [-0.15, -0.1) is 0 Å². The van der Waals surface area contributed by atoms with Gasteiger partial charge in [0.1, 0.15) is 23.0 Å². The van der Waals surface area contributed by atoms with Gasteiger partial charge in [-0.25, -0.2) is 0 Å². The summed E-state index contributed by atoms with van der Waals surface area (Å²) in [4.78, 5) is 0. The molecule has 0 amide bonds. The number of ether oxygens (including phenoxy) is 3. The zero-order valence-electron chi connectivity index (χ0n) is 13.6. The number of aliphatic hydroxyl groups is 1. The van der Waals surface area contributed by atoms with Crippen LogP contribution in [0.25, 0.3) is 0 Å². The van der Waals surface area contributed by atoms with Crippen LogP contribution in [0.2, 0.25) is 0 Å². The standard InChI is InChI=1S/C18H22O5/c1-21-12-4-6-15(17(20)10-12)14(8-9-19)16-7-5-13(22-2)11-18(16)23-3/h4-7,10-11,14,19-20H,8-9H2,1-3H3. The van der Waals surface area contributed by atoms with E-state index >= 15 is 0 Å². The van der Waals surface area contributed by atoms with E-state index in [1.807, 2.05) is 12.1 Å². The lowest BCUT2D eigenvalue weighted by Crippen LogP contribution is -2.06.